The molecule has 2 aliphatic rings. The molecule has 4 heteroatoms. The largest absolute Gasteiger partial charge is 0.380 e. The minimum atomic E-state index is 0.578. The van der Waals surface area contributed by atoms with Gasteiger partial charge < -0.3 is 15.1 Å². The van der Waals surface area contributed by atoms with Gasteiger partial charge in [-0.3, -0.25) is 0 Å². The molecule has 0 spiro atoms. The quantitative estimate of drug-likeness (QED) is 0.881. The molecule has 1 atom stereocenters. The first-order chi connectivity index (χ1) is 8.81. The van der Waals surface area contributed by atoms with Crippen molar-refractivity contribution in [2.75, 3.05) is 43.4 Å². The van der Waals surface area contributed by atoms with E-state index in [4.69, 9.17) is 0 Å². The van der Waals surface area contributed by atoms with E-state index in [1.165, 1.54) is 25.8 Å². The highest BCUT2D eigenvalue weighted by atomic mass is 15.2. The molecule has 1 unspecified atom stereocenters. The molecule has 1 aromatic rings. The topological polar surface area (TPSA) is 31.4 Å². The fourth-order valence-electron chi connectivity index (χ4n) is 2.89. The van der Waals surface area contributed by atoms with Gasteiger partial charge in [0, 0.05) is 25.7 Å². The summed E-state index contributed by atoms with van der Waals surface area (Å²) in [4.78, 5) is 9.30. The molecule has 0 saturated carbocycles. The van der Waals surface area contributed by atoms with Gasteiger partial charge in [-0.15, -0.1) is 0 Å². The van der Waals surface area contributed by atoms with Crippen LogP contribution in [-0.2, 0) is 0 Å². The van der Waals surface area contributed by atoms with Gasteiger partial charge in [-0.2, -0.15) is 0 Å². The van der Waals surface area contributed by atoms with Crippen molar-refractivity contribution in [1.82, 2.24) is 9.88 Å². The molecule has 4 nitrogen and oxygen atoms in total. The molecule has 2 fully saturated rings. The molecule has 2 saturated heterocycles. The summed E-state index contributed by atoms with van der Waals surface area (Å²) in [6.45, 7) is 4.64. The molecule has 0 radical (unpaired) electrons. The normalized spacial score (nSPS) is 24.7. The van der Waals surface area contributed by atoms with Gasteiger partial charge in [0.1, 0.15) is 5.82 Å². The van der Waals surface area contributed by atoms with Gasteiger partial charge in [-0.05, 0) is 45.0 Å². The van der Waals surface area contributed by atoms with Gasteiger partial charge in [0.15, 0.2) is 0 Å². The Morgan fingerprint density at radius 2 is 2.06 bits per heavy atom. The SMILES string of the molecule is CN1CCC(Nc2ccc(N3CCCC3)nc2)C1. The molecule has 2 aliphatic heterocycles. The lowest BCUT2D eigenvalue weighted by Gasteiger charge is -2.18. The smallest absolute Gasteiger partial charge is 0.128 e. The molecule has 0 bridgehead atoms. The number of nitrogens with one attached hydrogen (secondary N) is 1. The van der Waals surface area contributed by atoms with E-state index in [0.717, 1.165) is 31.1 Å². The summed E-state index contributed by atoms with van der Waals surface area (Å²) >= 11 is 0. The molecule has 1 N–H and O–H groups in total. The molecule has 3 rings (SSSR count). The predicted molar refractivity (Wildman–Crippen MR) is 75.2 cm³/mol. The van der Waals surface area contributed by atoms with Crippen LogP contribution in [0.1, 0.15) is 19.3 Å². The van der Waals surface area contributed by atoms with Crippen LogP contribution in [0.25, 0.3) is 0 Å². The minimum absolute atomic E-state index is 0.578. The summed E-state index contributed by atoms with van der Waals surface area (Å²) in [6.07, 6.45) is 5.81. The van der Waals surface area contributed by atoms with Crippen molar-refractivity contribution < 1.29 is 0 Å². The van der Waals surface area contributed by atoms with Gasteiger partial charge in [-0.25, -0.2) is 4.98 Å². The maximum atomic E-state index is 4.57. The summed E-state index contributed by atoms with van der Waals surface area (Å²) < 4.78 is 0. The van der Waals surface area contributed by atoms with Crippen LogP contribution in [-0.4, -0.2) is 49.2 Å². The lowest BCUT2D eigenvalue weighted by atomic mass is 10.2. The Labute approximate surface area is 109 Å². The maximum Gasteiger partial charge on any atom is 0.128 e. The second-order valence-corrected chi connectivity index (χ2v) is 5.49. The van der Waals surface area contributed by atoms with E-state index >= 15 is 0 Å². The zero-order valence-corrected chi connectivity index (χ0v) is 11.1. The molecule has 18 heavy (non-hydrogen) atoms. The third-order valence-corrected chi connectivity index (χ3v) is 3.94. The first-order valence-corrected chi connectivity index (χ1v) is 6.97. The lowest BCUT2D eigenvalue weighted by molar-refractivity contribution is 0.414. The number of aromatic nitrogens is 1. The number of hydrogen-bond acceptors (Lipinski definition) is 4. The van der Waals surface area contributed by atoms with Crippen LogP contribution in [0.5, 0.6) is 0 Å². The van der Waals surface area contributed by atoms with Crippen molar-refractivity contribution in [3.8, 4) is 0 Å². The van der Waals surface area contributed by atoms with Crippen molar-refractivity contribution in [3.63, 3.8) is 0 Å². The Balaban J connectivity index is 1.60. The van der Waals surface area contributed by atoms with E-state index in [0.29, 0.717) is 6.04 Å². The van der Waals surface area contributed by atoms with Crippen molar-refractivity contribution in [3.05, 3.63) is 18.3 Å². The molecular formula is C14H22N4. The fraction of sp³-hybridized carbons (Fsp3) is 0.643. The first-order valence-electron chi connectivity index (χ1n) is 6.97. The van der Waals surface area contributed by atoms with Gasteiger partial charge in [0.2, 0.25) is 0 Å². The third-order valence-electron chi connectivity index (χ3n) is 3.94. The Kier molecular flexibility index (Phi) is 3.37. The number of likely N-dealkylation sites (tertiary alicyclic amines) is 1. The van der Waals surface area contributed by atoms with E-state index in [9.17, 15) is 0 Å². The average Bonchev–Trinajstić information content (AvgIpc) is 3.02. The minimum Gasteiger partial charge on any atom is -0.380 e. The Bertz CT molecular complexity index is 383. The number of rotatable bonds is 3. The van der Waals surface area contributed by atoms with Gasteiger partial charge in [0.05, 0.1) is 11.9 Å². The number of hydrogen-bond donors (Lipinski definition) is 1. The van der Waals surface area contributed by atoms with Gasteiger partial charge in [0.25, 0.3) is 0 Å². The Morgan fingerprint density at radius 1 is 1.22 bits per heavy atom. The van der Waals surface area contributed by atoms with Crippen molar-refractivity contribution >= 4 is 11.5 Å². The summed E-state index contributed by atoms with van der Waals surface area (Å²) in [5.74, 6) is 1.13. The highest BCUT2D eigenvalue weighted by Gasteiger charge is 2.19. The van der Waals surface area contributed by atoms with E-state index in [1.807, 2.05) is 6.20 Å². The van der Waals surface area contributed by atoms with Gasteiger partial charge in [-0.1, -0.05) is 0 Å². The van der Waals surface area contributed by atoms with Crippen molar-refractivity contribution in [2.24, 2.45) is 0 Å². The number of likely N-dealkylation sites (N-methyl/N-ethyl adjacent to an activating group) is 1. The predicted octanol–water partition coefficient (Wildman–Crippen LogP) is 1.80. The van der Waals surface area contributed by atoms with Crippen LogP contribution in [0.15, 0.2) is 18.3 Å². The molecule has 3 heterocycles. The van der Waals surface area contributed by atoms with Crippen LogP contribution in [0.3, 0.4) is 0 Å². The van der Waals surface area contributed by atoms with Crippen LogP contribution in [0.2, 0.25) is 0 Å². The standard InChI is InChI=1S/C14H22N4/c1-17-9-6-13(11-17)16-12-4-5-14(15-10-12)18-7-2-3-8-18/h4-5,10,13,16H,2-3,6-9,11H2,1H3. The zero-order valence-electron chi connectivity index (χ0n) is 11.1. The number of nitrogens with zero attached hydrogens (tertiary/aromatic N) is 3. The monoisotopic (exact) mass is 246 g/mol. The molecule has 0 amide bonds. The third kappa shape index (κ3) is 2.58. The first kappa shape index (κ1) is 11.8. The summed E-state index contributed by atoms with van der Waals surface area (Å²) in [5, 5.41) is 3.57. The number of anilines is 2. The van der Waals surface area contributed by atoms with Crippen LogP contribution < -0.4 is 10.2 Å². The van der Waals surface area contributed by atoms with Crippen molar-refractivity contribution in [1.29, 1.82) is 0 Å². The fourth-order valence-corrected chi connectivity index (χ4v) is 2.89. The second kappa shape index (κ2) is 5.14. The molecule has 0 aromatic carbocycles. The molecular weight excluding hydrogens is 224 g/mol. The highest BCUT2D eigenvalue weighted by molar-refractivity contribution is 5.49. The average molecular weight is 246 g/mol. The van der Waals surface area contributed by atoms with E-state index < -0.39 is 0 Å². The second-order valence-electron chi connectivity index (χ2n) is 5.49. The highest BCUT2D eigenvalue weighted by Crippen LogP contribution is 2.20. The van der Waals surface area contributed by atoms with Crippen LogP contribution in [0.4, 0.5) is 11.5 Å². The van der Waals surface area contributed by atoms with Crippen molar-refractivity contribution in [2.45, 2.75) is 25.3 Å². The zero-order chi connectivity index (χ0) is 12.4. The number of pyridine rings is 1. The summed E-state index contributed by atoms with van der Waals surface area (Å²) in [7, 11) is 2.18. The summed E-state index contributed by atoms with van der Waals surface area (Å²) in [5.41, 5.74) is 1.15. The molecule has 1 aromatic heterocycles. The summed E-state index contributed by atoms with van der Waals surface area (Å²) in [6, 6.07) is 4.89. The molecule has 0 aliphatic carbocycles. The maximum absolute atomic E-state index is 4.57. The molecule has 98 valence electrons. The lowest BCUT2D eigenvalue weighted by Crippen LogP contribution is -2.23. The van der Waals surface area contributed by atoms with E-state index in [-0.39, 0.29) is 0 Å². The Hall–Kier alpha value is -1.29. The Morgan fingerprint density at radius 3 is 2.67 bits per heavy atom. The van der Waals surface area contributed by atoms with Crippen LogP contribution >= 0.6 is 0 Å². The van der Waals surface area contributed by atoms with Crippen LogP contribution in [0, 0.1) is 0 Å². The van der Waals surface area contributed by atoms with E-state index in [2.05, 4.69) is 39.3 Å². The van der Waals surface area contributed by atoms with E-state index in [1.54, 1.807) is 0 Å². The van der Waals surface area contributed by atoms with Gasteiger partial charge >= 0.3 is 0 Å².